The van der Waals surface area contributed by atoms with Crippen molar-refractivity contribution in [2.75, 3.05) is 27.2 Å². The molecule has 0 spiro atoms. The van der Waals surface area contributed by atoms with Crippen LogP contribution in [0.25, 0.3) is 0 Å². The van der Waals surface area contributed by atoms with Crippen LogP contribution in [0.4, 0.5) is 0 Å². The fourth-order valence-electron chi connectivity index (χ4n) is 2.71. The van der Waals surface area contributed by atoms with Gasteiger partial charge in [-0.3, -0.25) is 9.79 Å². The number of hydrogen-bond acceptors (Lipinski definition) is 3. The van der Waals surface area contributed by atoms with Crippen molar-refractivity contribution in [1.29, 1.82) is 0 Å². The summed E-state index contributed by atoms with van der Waals surface area (Å²) in [6.45, 7) is 2.33. The van der Waals surface area contributed by atoms with Crippen molar-refractivity contribution >= 4 is 5.96 Å². The van der Waals surface area contributed by atoms with Gasteiger partial charge in [0, 0.05) is 38.9 Å². The van der Waals surface area contributed by atoms with Gasteiger partial charge in [0.1, 0.15) is 5.75 Å². The van der Waals surface area contributed by atoms with E-state index in [9.17, 15) is 4.79 Å². The molecular formula is C20H28N4O2. The van der Waals surface area contributed by atoms with E-state index in [1.165, 1.54) is 5.56 Å². The minimum atomic E-state index is 0.0503. The van der Waals surface area contributed by atoms with Crippen LogP contribution in [-0.4, -0.2) is 37.8 Å². The van der Waals surface area contributed by atoms with Gasteiger partial charge in [0.15, 0.2) is 5.96 Å². The number of hydrogen-bond donors (Lipinski definition) is 2. The highest BCUT2D eigenvalue weighted by molar-refractivity contribution is 5.79. The van der Waals surface area contributed by atoms with E-state index in [2.05, 4.69) is 21.7 Å². The molecule has 26 heavy (non-hydrogen) atoms. The van der Waals surface area contributed by atoms with Crippen LogP contribution in [-0.2, 0) is 13.0 Å². The molecule has 0 saturated heterocycles. The molecule has 0 unspecified atom stereocenters. The first kappa shape index (κ1) is 19.6. The van der Waals surface area contributed by atoms with Gasteiger partial charge in [-0.25, -0.2) is 0 Å². The predicted molar refractivity (Wildman–Crippen MR) is 106 cm³/mol. The number of pyridine rings is 1. The first-order chi connectivity index (χ1) is 12.7. The summed E-state index contributed by atoms with van der Waals surface area (Å²) < 4.78 is 7.10. The Balaban J connectivity index is 1.65. The third-order valence-corrected chi connectivity index (χ3v) is 4.12. The highest BCUT2D eigenvalue weighted by Crippen LogP contribution is 2.17. The molecule has 0 aliphatic carbocycles. The van der Waals surface area contributed by atoms with Crippen molar-refractivity contribution in [2.45, 2.75) is 25.8 Å². The van der Waals surface area contributed by atoms with Gasteiger partial charge in [-0.05, 0) is 37.0 Å². The molecule has 1 aromatic heterocycles. The standard InChI is InChI=1S/C20H28N4O2/c1-21-20(23-14-12-17-9-3-4-10-18(17)26-2)22-13-6-8-16-24-15-7-5-11-19(24)25/h3-5,7,9-11,15H,6,8,12-14,16H2,1-2H3,(H2,21,22,23). The van der Waals surface area contributed by atoms with Gasteiger partial charge in [0.2, 0.25) is 5.56 Å². The quantitative estimate of drug-likeness (QED) is 0.410. The van der Waals surface area contributed by atoms with E-state index < -0.39 is 0 Å². The van der Waals surface area contributed by atoms with Crippen molar-refractivity contribution in [3.8, 4) is 5.75 Å². The second-order valence-corrected chi connectivity index (χ2v) is 5.93. The molecule has 0 aliphatic rings. The van der Waals surface area contributed by atoms with Crippen LogP contribution in [0.15, 0.2) is 58.4 Å². The second kappa shape index (κ2) is 11.0. The number of nitrogens with zero attached hydrogens (tertiary/aromatic N) is 2. The number of aromatic nitrogens is 1. The maximum Gasteiger partial charge on any atom is 0.250 e. The highest BCUT2D eigenvalue weighted by atomic mass is 16.5. The van der Waals surface area contributed by atoms with E-state index in [4.69, 9.17) is 4.74 Å². The minimum Gasteiger partial charge on any atom is -0.496 e. The molecule has 1 aromatic carbocycles. The number of ether oxygens (including phenoxy) is 1. The number of benzene rings is 1. The lowest BCUT2D eigenvalue weighted by Gasteiger charge is -2.13. The molecule has 2 aromatic rings. The number of para-hydroxylation sites is 1. The summed E-state index contributed by atoms with van der Waals surface area (Å²) in [5, 5.41) is 6.62. The Kier molecular flexibility index (Phi) is 8.26. The molecular weight excluding hydrogens is 328 g/mol. The first-order valence-corrected chi connectivity index (χ1v) is 8.96. The summed E-state index contributed by atoms with van der Waals surface area (Å²) in [5.41, 5.74) is 1.22. The molecule has 0 fully saturated rings. The third kappa shape index (κ3) is 6.27. The zero-order chi connectivity index (χ0) is 18.6. The van der Waals surface area contributed by atoms with Crippen LogP contribution in [0.3, 0.4) is 0 Å². The lowest BCUT2D eigenvalue weighted by atomic mass is 10.1. The smallest absolute Gasteiger partial charge is 0.250 e. The zero-order valence-corrected chi connectivity index (χ0v) is 15.6. The van der Waals surface area contributed by atoms with E-state index in [1.807, 2.05) is 30.5 Å². The highest BCUT2D eigenvalue weighted by Gasteiger charge is 2.02. The molecule has 0 radical (unpaired) electrons. The number of rotatable bonds is 9. The molecule has 140 valence electrons. The fraction of sp³-hybridized carbons (Fsp3) is 0.400. The van der Waals surface area contributed by atoms with Crippen molar-refractivity contribution in [3.63, 3.8) is 0 Å². The minimum absolute atomic E-state index is 0.0503. The molecule has 1 heterocycles. The average Bonchev–Trinajstić information content (AvgIpc) is 2.68. The van der Waals surface area contributed by atoms with E-state index in [0.29, 0.717) is 0 Å². The molecule has 2 rings (SSSR count). The van der Waals surface area contributed by atoms with E-state index in [-0.39, 0.29) is 5.56 Å². The van der Waals surface area contributed by atoms with Crippen LogP contribution in [0.1, 0.15) is 18.4 Å². The largest absolute Gasteiger partial charge is 0.496 e. The van der Waals surface area contributed by atoms with Gasteiger partial charge in [-0.2, -0.15) is 0 Å². The molecule has 0 amide bonds. The summed E-state index contributed by atoms with van der Waals surface area (Å²) in [5.74, 6) is 1.70. The van der Waals surface area contributed by atoms with Gasteiger partial charge in [0.25, 0.3) is 0 Å². The second-order valence-electron chi connectivity index (χ2n) is 5.93. The van der Waals surface area contributed by atoms with Gasteiger partial charge < -0.3 is 19.9 Å². The Bertz CT molecular complexity index is 755. The van der Waals surface area contributed by atoms with Crippen molar-refractivity contribution < 1.29 is 4.74 Å². The Morgan fingerprint density at radius 1 is 1.08 bits per heavy atom. The van der Waals surface area contributed by atoms with Crippen LogP contribution in [0.2, 0.25) is 0 Å². The summed E-state index contributed by atoms with van der Waals surface area (Å²) in [7, 11) is 3.46. The number of methoxy groups -OCH3 is 1. The lowest BCUT2D eigenvalue weighted by molar-refractivity contribution is 0.409. The summed E-state index contributed by atoms with van der Waals surface area (Å²) in [4.78, 5) is 15.9. The normalized spacial score (nSPS) is 11.2. The van der Waals surface area contributed by atoms with Crippen molar-refractivity contribution in [3.05, 3.63) is 64.6 Å². The Morgan fingerprint density at radius 3 is 2.62 bits per heavy atom. The Hall–Kier alpha value is -2.76. The molecule has 0 bridgehead atoms. The molecule has 6 heteroatoms. The summed E-state index contributed by atoms with van der Waals surface area (Å²) in [6.07, 6.45) is 4.60. The first-order valence-electron chi connectivity index (χ1n) is 8.96. The molecule has 0 saturated carbocycles. The maximum absolute atomic E-state index is 11.6. The number of guanidine groups is 1. The molecule has 0 aliphatic heterocycles. The number of aliphatic imine (C=N–C) groups is 1. The zero-order valence-electron chi connectivity index (χ0n) is 15.6. The number of unbranched alkanes of at least 4 members (excludes halogenated alkanes) is 1. The summed E-state index contributed by atoms with van der Waals surface area (Å²) >= 11 is 0. The Morgan fingerprint density at radius 2 is 1.85 bits per heavy atom. The summed E-state index contributed by atoms with van der Waals surface area (Å²) in [6, 6.07) is 13.3. The monoisotopic (exact) mass is 356 g/mol. The molecule has 2 N–H and O–H groups in total. The topological polar surface area (TPSA) is 67.7 Å². The van der Waals surface area contributed by atoms with E-state index in [1.54, 1.807) is 30.9 Å². The predicted octanol–water partition coefficient (Wildman–Crippen LogP) is 2.04. The van der Waals surface area contributed by atoms with Crippen LogP contribution in [0, 0.1) is 0 Å². The lowest BCUT2D eigenvalue weighted by Crippen LogP contribution is -2.38. The number of nitrogens with one attached hydrogen (secondary N) is 2. The van der Waals surface area contributed by atoms with Crippen molar-refractivity contribution in [2.24, 2.45) is 4.99 Å². The van der Waals surface area contributed by atoms with Gasteiger partial charge in [-0.15, -0.1) is 0 Å². The Labute approximate surface area is 154 Å². The van der Waals surface area contributed by atoms with E-state index >= 15 is 0 Å². The van der Waals surface area contributed by atoms with Crippen molar-refractivity contribution in [1.82, 2.24) is 15.2 Å². The SMILES string of the molecule is CN=C(NCCCCn1ccccc1=O)NCCc1ccccc1OC. The van der Waals surface area contributed by atoms with E-state index in [0.717, 1.165) is 50.6 Å². The molecule has 0 atom stereocenters. The maximum atomic E-state index is 11.6. The number of aryl methyl sites for hydroxylation is 1. The van der Waals surface area contributed by atoms with Crippen LogP contribution >= 0.6 is 0 Å². The van der Waals surface area contributed by atoms with Crippen LogP contribution in [0.5, 0.6) is 5.75 Å². The van der Waals surface area contributed by atoms with Crippen LogP contribution < -0.4 is 20.9 Å². The average molecular weight is 356 g/mol. The molecule has 6 nitrogen and oxygen atoms in total. The third-order valence-electron chi connectivity index (χ3n) is 4.12. The fourth-order valence-corrected chi connectivity index (χ4v) is 2.71. The van der Waals surface area contributed by atoms with Gasteiger partial charge >= 0.3 is 0 Å². The van der Waals surface area contributed by atoms with Gasteiger partial charge in [0.05, 0.1) is 7.11 Å². The van der Waals surface area contributed by atoms with Gasteiger partial charge in [-0.1, -0.05) is 24.3 Å².